The van der Waals surface area contributed by atoms with Crippen LogP contribution in [0.4, 0.5) is 0 Å². The third-order valence-electron chi connectivity index (χ3n) is 4.14. The quantitative estimate of drug-likeness (QED) is 0.915. The summed E-state index contributed by atoms with van der Waals surface area (Å²) < 4.78 is 5.45. The molecule has 0 radical (unpaired) electrons. The van der Waals surface area contributed by atoms with Gasteiger partial charge in [-0.2, -0.15) is 0 Å². The first-order valence-corrected chi connectivity index (χ1v) is 7.23. The molecule has 0 saturated heterocycles. The standard InChI is InChI=1S/C18H21NO/c1-13(17-9-5-6-10-18(17)20-2)19-16-11-14-7-3-4-8-15(14)12-16/h3-10,13,16,19H,11-12H2,1-2H3/t13-/m0/s1. The van der Waals surface area contributed by atoms with Gasteiger partial charge < -0.3 is 10.1 Å². The lowest BCUT2D eigenvalue weighted by atomic mass is 10.1. The fourth-order valence-electron chi connectivity index (χ4n) is 3.14. The molecule has 2 aromatic carbocycles. The van der Waals surface area contributed by atoms with E-state index in [1.807, 2.05) is 12.1 Å². The molecule has 1 N–H and O–H groups in total. The van der Waals surface area contributed by atoms with Gasteiger partial charge in [-0.25, -0.2) is 0 Å². The molecule has 0 fully saturated rings. The lowest BCUT2D eigenvalue weighted by Crippen LogP contribution is -2.32. The summed E-state index contributed by atoms with van der Waals surface area (Å²) in [4.78, 5) is 0. The van der Waals surface area contributed by atoms with Crippen molar-refractivity contribution in [1.82, 2.24) is 5.32 Å². The van der Waals surface area contributed by atoms with Crippen LogP contribution in [0, 0.1) is 0 Å². The van der Waals surface area contributed by atoms with Crippen molar-refractivity contribution in [2.75, 3.05) is 7.11 Å². The Morgan fingerprint density at radius 1 is 1.00 bits per heavy atom. The summed E-state index contributed by atoms with van der Waals surface area (Å²) in [6, 6.07) is 17.8. The molecule has 2 heteroatoms. The molecule has 2 aromatic rings. The Hall–Kier alpha value is -1.80. The summed E-state index contributed by atoms with van der Waals surface area (Å²) in [5.41, 5.74) is 4.19. The van der Waals surface area contributed by atoms with E-state index in [4.69, 9.17) is 4.74 Å². The van der Waals surface area contributed by atoms with Crippen LogP contribution in [0.15, 0.2) is 48.5 Å². The van der Waals surface area contributed by atoms with Crippen LogP contribution < -0.4 is 10.1 Å². The summed E-state index contributed by atoms with van der Waals surface area (Å²) >= 11 is 0. The molecule has 0 heterocycles. The van der Waals surface area contributed by atoms with Crippen LogP contribution in [0.2, 0.25) is 0 Å². The van der Waals surface area contributed by atoms with Crippen LogP contribution in [0.25, 0.3) is 0 Å². The van der Waals surface area contributed by atoms with Gasteiger partial charge in [0.05, 0.1) is 7.11 Å². The first kappa shape index (κ1) is 13.2. The van der Waals surface area contributed by atoms with Crippen molar-refractivity contribution in [2.45, 2.75) is 31.8 Å². The summed E-state index contributed by atoms with van der Waals surface area (Å²) in [6.45, 7) is 2.21. The Bertz CT molecular complexity index is 568. The van der Waals surface area contributed by atoms with Crippen LogP contribution >= 0.6 is 0 Å². The van der Waals surface area contributed by atoms with Gasteiger partial charge in [0.15, 0.2) is 0 Å². The number of methoxy groups -OCH3 is 1. The lowest BCUT2D eigenvalue weighted by Gasteiger charge is -2.21. The molecule has 1 atom stereocenters. The van der Waals surface area contributed by atoms with Gasteiger partial charge in [0.1, 0.15) is 5.75 Å². The van der Waals surface area contributed by atoms with Gasteiger partial charge in [-0.05, 0) is 37.0 Å². The predicted molar refractivity (Wildman–Crippen MR) is 82.2 cm³/mol. The van der Waals surface area contributed by atoms with Crippen LogP contribution in [-0.2, 0) is 12.8 Å². The summed E-state index contributed by atoms with van der Waals surface area (Å²) in [6.07, 6.45) is 2.24. The highest BCUT2D eigenvalue weighted by molar-refractivity contribution is 5.37. The van der Waals surface area contributed by atoms with Crippen molar-refractivity contribution in [3.05, 3.63) is 65.2 Å². The van der Waals surface area contributed by atoms with Gasteiger partial charge in [0.25, 0.3) is 0 Å². The zero-order chi connectivity index (χ0) is 13.9. The highest BCUT2D eigenvalue weighted by Gasteiger charge is 2.23. The lowest BCUT2D eigenvalue weighted by molar-refractivity contribution is 0.394. The summed E-state index contributed by atoms with van der Waals surface area (Å²) in [7, 11) is 1.73. The Kier molecular flexibility index (Phi) is 3.75. The van der Waals surface area contributed by atoms with E-state index in [2.05, 4.69) is 48.6 Å². The van der Waals surface area contributed by atoms with Crippen LogP contribution in [-0.4, -0.2) is 13.2 Å². The molecule has 0 saturated carbocycles. The van der Waals surface area contributed by atoms with Gasteiger partial charge in [0.2, 0.25) is 0 Å². The molecular weight excluding hydrogens is 246 g/mol. The maximum Gasteiger partial charge on any atom is 0.123 e. The molecule has 0 unspecified atom stereocenters. The van der Waals surface area contributed by atoms with Crippen molar-refractivity contribution in [3.63, 3.8) is 0 Å². The number of fused-ring (bicyclic) bond motifs is 1. The predicted octanol–water partition coefficient (Wildman–Crippen LogP) is 3.51. The van der Waals surface area contributed by atoms with Crippen LogP contribution in [0.1, 0.15) is 29.7 Å². The molecule has 0 aromatic heterocycles. The minimum absolute atomic E-state index is 0.297. The van der Waals surface area contributed by atoms with E-state index in [1.54, 1.807) is 7.11 Å². The summed E-state index contributed by atoms with van der Waals surface area (Å²) in [5, 5.41) is 3.74. The first-order valence-electron chi connectivity index (χ1n) is 7.23. The second-order valence-corrected chi connectivity index (χ2v) is 5.50. The number of hydrogen-bond acceptors (Lipinski definition) is 2. The Morgan fingerprint density at radius 2 is 1.60 bits per heavy atom. The van der Waals surface area contributed by atoms with E-state index in [0.29, 0.717) is 12.1 Å². The monoisotopic (exact) mass is 267 g/mol. The van der Waals surface area contributed by atoms with E-state index < -0.39 is 0 Å². The minimum atomic E-state index is 0.297. The molecule has 0 amide bonds. The molecule has 1 aliphatic rings. The maximum absolute atomic E-state index is 5.45. The summed E-state index contributed by atoms with van der Waals surface area (Å²) in [5.74, 6) is 0.961. The number of benzene rings is 2. The molecule has 2 nitrogen and oxygen atoms in total. The molecule has 3 rings (SSSR count). The number of rotatable bonds is 4. The Labute approximate surface area is 120 Å². The fourth-order valence-corrected chi connectivity index (χ4v) is 3.14. The van der Waals surface area contributed by atoms with E-state index in [0.717, 1.165) is 18.6 Å². The molecule has 0 spiro atoms. The van der Waals surface area contributed by atoms with Gasteiger partial charge in [0, 0.05) is 17.6 Å². The number of ether oxygens (including phenoxy) is 1. The average Bonchev–Trinajstić information content (AvgIpc) is 2.89. The second kappa shape index (κ2) is 5.68. The van der Waals surface area contributed by atoms with Crippen molar-refractivity contribution in [2.24, 2.45) is 0 Å². The normalized spacial score (nSPS) is 15.9. The maximum atomic E-state index is 5.45. The zero-order valence-electron chi connectivity index (χ0n) is 12.1. The SMILES string of the molecule is COc1ccccc1[C@H](C)NC1Cc2ccccc2C1. The number of para-hydroxylation sites is 1. The third-order valence-corrected chi connectivity index (χ3v) is 4.14. The fraction of sp³-hybridized carbons (Fsp3) is 0.333. The van der Waals surface area contributed by atoms with Crippen molar-refractivity contribution in [1.29, 1.82) is 0 Å². The van der Waals surface area contributed by atoms with Gasteiger partial charge >= 0.3 is 0 Å². The van der Waals surface area contributed by atoms with E-state index >= 15 is 0 Å². The minimum Gasteiger partial charge on any atom is -0.496 e. The van der Waals surface area contributed by atoms with Crippen molar-refractivity contribution >= 4 is 0 Å². The highest BCUT2D eigenvalue weighted by Crippen LogP contribution is 2.27. The molecule has 0 aliphatic heterocycles. The Morgan fingerprint density at radius 3 is 2.25 bits per heavy atom. The third kappa shape index (κ3) is 2.56. The van der Waals surface area contributed by atoms with E-state index in [9.17, 15) is 0 Å². The largest absolute Gasteiger partial charge is 0.496 e. The molecule has 20 heavy (non-hydrogen) atoms. The smallest absolute Gasteiger partial charge is 0.123 e. The number of hydrogen-bond donors (Lipinski definition) is 1. The van der Waals surface area contributed by atoms with Gasteiger partial charge in [-0.1, -0.05) is 42.5 Å². The van der Waals surface area contributed by atoms with Crippen molar-refractivity contribution in [3.8, 4) is 5.75 Å². The second-order valence-electron chi connectivity index (χ2n) is 5.50. The highest BCUT2D eigenvalue weighted by atomic mass is 16.5. The van der Waals surface area contributed by atoms with Crippen molar-refractivity contribution < 1.29 is 4.74 Å². The van der Waals surface area contributed by atoms with E-state index in [1.165, 1.54) is 16.7 Å². The van der Waals surface area contributed by atoms with Crippen LogP contribution in [0.3, 0.4) is 0 Å². The molecule has 0 bridgehead atoms. The molecule has 104 valence electrons. The average molecular weight is 267 g/mol. The first-order chi connectivity index (χ1) is 9.78. The van der Waals surface area contributed by atoms with E-state index in [-0.39, 0.29) is 0 Å². The number of nitrogens with one attached hydrogen (secondary N) is 1. The zero-order valence-corrected chi connectivity index (χ0v) is 12.1. The molecular formula is C18H21NO. The molecule has 1 aliphatic carbocycles. The topological polar surface area (TPSA) is 21.3 Å². The van der Waals surface area contributed by atoms with Gasteiger partial charge in [-0.15, -0.1) is 0 Å². The van der Waals surface area contributed by atoms with Gasteiger partial charge in [-0.3, -0.25) is 0 Å². The Balaban J connectivity index is 1.70. The van der Waals surface area contributed by atoms with Crippen LogP contribution in [0.5, 0.6) is 5.75 Å².